The van der Waals surface area contributed by atoms with E-state index in [4.69, 9.17) is 4.74 Å². The molecule has 6 rings (SSSR count). The first-order valence-corrected chi connectivity index (χ1v) is 26.4. The summed E-state index contributed by atoms with van der Waals surface area (Å²) in [4.78, 5) is 64.9. The maximum absolute atomic E-state index is 12.9. The van der Waals surface area contributed by atoms with Crippen LogP contribution in [0.2, 0.25) is 0 Å². The molecule has 13 nitrogen and oxygen atoms in total. The van der Waals surface area contributed by atoms with Gasteiger partial charge in [-0.05, 0) is 127 Å². The van der Waals surface area contributed by atoms with Crippen LogP contribution in [0.4, 0.5) is 0 Å². The van der Waals surface area contributed by atoms with E-state index in [0.717, 1.165) is 169 Å². The molecule has 4 aliphatic rings. The van der Waals surface area contributed by atoms with Crippen LogP contribution in [-0.2, 0) is 49.8 Å². The first-order valence-electron chi connectivity index (χ1n) is 26.4. The maximum atomic E-state index is 12.9. The summed E-state index contributed by atoms with van der Waals surface area (Å²) in [6.07, 6.45) is 11.3. The predicted molar refractivity (Wildman–Crippen MR) is 267 cm³/mol. The molecule has 13 heteroatoms. The van der Waals surface area contributed by atoms with Crippen LogP contribution in [0.3, 0.4) is 0 Å². The van der Waals surface area contributed by atoms with Crippen molar-refractivity contribution in [3.63, 3.8) is 0 Å². The quantitative estimate of drug-likeness (QED) is 0.139. The monoisotopic (exact) mass is 927 g/mol. The van der Waals surface area contributed by atoms with Crippen LogP contribution in [0.15, 0.2) is 48.5 Å². The topological polar surface area (TPSA) is 121 Å². The first kappa shape index (κ1) is 52.5. The van der Waals surface area contributed by atoms with Crippen molar-refractivity contribution in [1.82, 2.24) is 40.0 Å². The first-order chi connectivity index (χ1) is 32.6. The molecule has 2 N–H and O–H groups in total. The van der Waals surface area contributed by atoms with Gasteiger partial charge in [0.15, 0.2) is 0 Å². The highest BCUT2D eigenvalue weighted by atomic mass is 16.5. The second-order valence-corrected chi connectivity index (χ2v) is 19.7. The summed E-state index contributed by atoms with van der Waals surface area (Å²) in [5.74, 6) is 1.02. The minimum atomic E-state index is 0.102. The van der Waals surface area contributed by atoms with E-state index < -0.39 is 0 Å². The maximum Gasteiger partial charge on any atom is 0.226 e. The Kier molecular flexibility index (Phi) is 21.9. The van der Waals surface area contributed by atoms with Gasteiger partial charge in [-0.3, -0.25) is 29.0 Å². The van der Waals surface area contributed by atoms with Crippen LogP contribution in [0.25, 0.3) is 0 Å². The van der Waals surface area contributed by atoms with Crippen molar-refractivity contribution in [2.24, 2.45) is 11.8 Å². The molecular formula is C54H86N8O5. The molecule has 0 radical (unpaired) electrons. The summed E-state index contributed by atoms with van der Waals surface area (Å²) in [7, 11) is 0. The van der Waals surface area contributed by atoms with Gasteiger partial charge in [0.25, 0.3) is 0 Å². The summed E-state index contributed by atoms with van der Waals surface area (Å²) in [5, 5.41) is 6.29. The van der Waals surface area contributed by atoms with Gasteiger partial charge in [-0.25, -0.2) is 0 Å². The lowest BCUT2D eigenvalue weighted by Gasteiger charge is -2.37. The lowest BCUT2D eigenvalue weighted by atomic mass is 9.96. The van der Waals surface area contributed by atoms with Crippen LogP contribution >= 0.6 is 0 Å². The average Bonchev–Trinajstić information content (AvgIpc) is 3.35. The highest BCUT2D eigenvalue weighted by Crippen LogP contribution is 2.24. The van der Waals surface area contributed by atoms with Gasteiger partial charge in [0.2, 0.25) is 23.6 Å². The molecule has 0 spiro atoms. The molecule has 0 saturated carbocycles. The van der Waals surface area contributed by atoms with Crippen molar-refractivity contribution in [2.45, 2.75) is 130 Å². The molecule has 0 aromatic heterocycles. The minimum absolute atomic E-state index is 0.102. The second kappa shape index (κ2) is 27.9. The number of carbonyl (C=O) groups is 4. The SMILES string of the molecule is CCN(CC)C(=O)C1CCCN(Cc2ccc(CCC(=O)NCCN3CCC(OC4CCN(CCNC(=O)CCc5ccc(CN6CCCC(C(=O)N(CC)CC)C6)cc5)CC4)CC3)cc2)C1. The van der Waals surface area contributed by atoms with Crippen molar-refractivity contribution in [3.8, 4) is 0 Å². The third-order valence-corrected chi connectivity index (χ3v) is 15.0. The predicted octanol–water partition coefficient (Wildman–Crippen LogP) is 5.59. The molecule has 0 bridgehead atoms. The number of hydrogen-bond donors (Lipinski definition) is 2. The molecule has 4 saturated heterocycles. The van der Waals surface area contributed by atoms with Crippen molar-refractivity contribution < 1.29 is 23.9 Å². The summed E-state index contributed by atoms with van der Waals surface area (Å²) in [6, 6.07) is 17.3. The van der Waals surface area contributed by atoms with E-state index in [9.17, 15) is 19.2 Å². The fraction of sp³-hybridized carbons (Fsp3) is 0.704. The van der Waals surface area contributed by atoms with E-state index in [1.54, 1.807) is 0 Å². The van der Waals surface area contributed by atoms with Crippen molar-refractivity contribution in [2.75, 3.05) is 105 Å². The standard InChI is InChI=1S/C54H86N8O5/c1-5-61(6-2)53(65)47-11-9-31-59(41-47)39-45-17-13-43(14-18-45)21-23-51(63)55-29-37-57-33-25-49(26-34-57)67-50-27-35-58(36-28-50)38-30-56-52(64)24-22-44-15-19-46(20-16-44)40-60-32-10-12-48(42-60)54(66)62(7-3)8-4/h13-20,47-50H,5-12,21-42H2,1-4H3,(H,55,63)(H,56,64). The van der Waals surface area contributed by atoms with E-state index in [1.165, 1.54) is 22.3 Å². The van der Waals surface area contributed by atoms with Gasteiger partial charge < -0.3 is 35.0 Å². The number of piperidine rings is 4. The van der Waals surface area contributed by atoms with Gasteiger partial charge in [-0.2, -0.15) is 0 Å². The zero-order chi connectivity index (χ0) is 47.4. The number of carbonyl (C=O) groups excluding carboxylic acids is 4. The Bertz CT molecular complexity index is 1660. The van der Waals surface area contributed by atoms with Gasteiger partial charge in [0.1, 0.15) is 0 Å². The summed E-state index contributed by atoms with van der Waals surface area (Å²) in [5.41, 5.74) is 4.88. The molecule has 67 heavy (non-hydrogen) atoms. The van der Waals surface area contributed by atoms with E-state index in [2.05, 4.69) is 106 Å². The Morgan fingerprint density at radius 3 is 1.22 bits per heavy atom. The third kappa shape index (κ3) is 17.2. The van der Waals surface area contributed by atoms with Crippen molar-refractivity contribution >= 4 is 23.6 Å². The van der Waals surface area contributed by atoms with Crippen molar-refractivity contribution in [3.05, 3.63) is 70.8 Å². The molecule has 2 unspecified atom stereocenters. The molecule has 4 fully saturated rings. The van der Waals surface area contributed by atoms with Gasteiger partial charge in [0, 0.05) is 118 Å². The molecule has 2 aromatic rings. The number of aryl methyl sites for hydroxylation is 2. The summed E-state index contributed by atoms with van der Waals surface area (Å²) >= 11 is 0. The van der Waals surface area contributed by atoms with Crippen LogP contribution in [0.5, 0.6) is 0 Å². The largest absolute Gasteiger partial charge is 0.375 e. The van der Waals surface area contributed by atoms with E-state index in [-0.39, 0.29) is 23.7 Å². The van der Waals surface area contributed by atoms with Crippen LogP contribution < -0.4 is 10.6 Å². The molecule has 4 heterocycles. The average molecular weight is 927 g/mol. The number of likely N-dealkylation sites (tertiary alicyclic amines) is 4. The molecule has 372 valence electrons. The van der Waals surface area contributed by atoms with Gasteiger partial charge >= 0.3 is 0 Å². The molecular weight excluding hydrogens is 841 g/mol. The minimum Gasteiger partial charge on any atom is -0.375 e. The Morgan fingerprint density at radius 1 is 0.507 bits per heavy atom. The number of benzene rings is 2. The zero-order valence-electron chi connectivity index (χ0n) is 41.9. The second-order valence-electron chi connectivity index (χ2n) is 19.7. The number of rotatable bonds is 24. The van der Waals surface area contributed by atoms with Gasteiger partial charge in [0.05, 0.1) is 24.0 Å². The van der Waals surface area contributed by atoms with Crippen LogP contribution in [-0.4, -0.2) is 170 Å². The van der Waals surface area contributed by atoms with Crippen LogP contribution in [0.1, 0.15) is 114 Å². The molecule has 4 aliphatic heterocycles. The van der Waals surface area contributed by atoms with E-state index in [0.29, 0.717) is 50.0 Å². The summed E-state index contributed by atoms with van der Waals surface area (Å²) in [6.45, 7) is 23.9. The fourth-order valence-electron chi connectivity index (χ4n) is 10.7. The van der Waals surface area contributed by atoms with E-state index >= 15 is 0 Å². The Morgan fingerprint density at radius 2 is 0.866 bits per heavy atom. The Labute approximate surface area is 403 Å². The highest BCUT2D eigenvalue weighted by Gasteiger charge is 2.30. The normalized spacial score (nSPS) is 20.7. The Hall–Kier alpha value is -3.88. The fourth-order valence-corrected chi connectivity index (χ4v) is 10.7. The lowest BCUT2D eigenvalue weighted by Crippen LogP contribution is -2.44. The smallest absolute Gasteiger partial charge is 0.226 e. The van der Waals surface area contributed by atoms with E-state index in [1.807, 2.05) is 9.80 Å². The summed E-state index contributed by atoms with van der Waals surface area (Å²) < 4.78 is 6.58. The number of nitrogens with zero attached hydrogens (tertiary/aromatic N) is 6. The number of nitrogens with one attached hydrogen (secondary N) is 2. The highest BCUT2D eigenvalue weighted by molar-refractivity contribution is 5.79. The zero-order valence-corrected chi connectivity index (χ0v) is 41.9. The Balaban J connectivity index is 0.754. The van der Waals surface area contributed by atoms with Crippen LogP contribution in [0, 0.1) is 11.8 Å². The number of amides is 4. The molecule has 2 atom stereocenters. The third-order valence-electron chi connectivity index (χ3n) is 15.0. The molecule has 4 amide bonds. The van der Waals surface area contributed by atoms with Crippen molar-refractivity contribution in [1.29, 1.82) is 0 Å². The molecule has 2 aromatic carbocycles. The lowest BCUT2D eigenvalue weighted by molar-refractivity contribution is -0.137. The van der Waals surface area contributed by atoms with Gasteiger partial charge in [-0.1, -0.05) is 48.5 Å². The van der Waals surface area contributed by atoms with Gasteiger partial charge in [-0.15, -0.1) is 0 Å². The molecule has 0 aliphatic carbocycles. The number of ether oxygens (including phenoxy) is 1. The number of hydrogen-bond acceptors (Lipinski definition) is 9.